The number of aromatic nitrogens is 2. The Hall–Kier alpha value is -2.30. The van der Waals surface area contributed by atoms with E-state index in [9.17, 15) is 4.79 Å². The van der Waals surface area contributed by atoms with Gasteiger partial charge in [0.15, 0.2) is 0 Å². The summed E-state index contributed by atoms with van der Waals surface area (Å²) in [5.41, 5.74) is 1.65. The number of rotatable bonds is 4. The fourth-order valence-corrected chi connectivity index (χ4v) is 2.77. The number of benzene rings is 2. The van der Waals surface area contributed by atoms with Crippen LogP contribution in [0.1, 0.15) is 5.56 Å². The molecule has 0 bridgehead atoms. The second-order valence-corrected chi connectivity index (χ2v) is 6.03. The molecule has 0 atom stereocenters. The van der Waals surface area contributed by atoms with Crippen molar-refractivity contribution in [2.45, 2.75) is 6.54 Å². The van der Waals surface area contributed by atoms with Crippen LogP contribution in [0.4, 0.5) is 0 Å². The van der Waals surface area contributed by atoms with Gasteiger partial charge in [-0.15, -0.1) is 0 Å². The van der Waals surface area contributed by atoms with Crippen LogP contribution in [0.5, 0.6) is 5.75 Å². The van der Waals surface area contributed by atoms with Gasteiger partial charge in [-0.25, -0.2) is 4.98 Å². The van der Waals surface area contributed by atoms with E-state index in [0.717, 1.165) is 11.3 Å². The topological polar surface area (TPSA) is 44.1 Å². The summed E-state index contributed by atoms with van der Waals surface area (Å²) in [5, 5.41) is 0.786. The van der Waals surface area contributed by atoms with Crippen LogP contribution in [0.2, 0.25) is 10.2 Å². The summed E-state index contributed by atoms with van der Waals surface area (Å²) >= 11 is 12.1. The van der Waals surface area contributed by atoms with E-state index in [1.807, 2.05) is 24.3 Å². The van der Waals surface area contributed by atoms with Crippen LogP contribution >= 0.6 is 23.2 Å². The fraction of sp³-hybridized carbons (Fsp3) is 0.111. The summed E-state index contributed by atoms with van der Waals surface area (Å²) in [4.78, 5) is 16.9. The SMILES string of the molecule is COc1ccc(Cn2cc(Cl)nc(-c3cccc(Cl)c3)c2=O)cc1. The Morgan fingerprint density at radius 1 is 1.12 bits per heavy atom. The third-order valence-corrected chi connectivity index (χ3v) is 3.97. The normalized spacial score (nSPS) is 10.6. The minimum atomic E-state index is -0.225. The van der Waals surface area contributed by atoms with Crippen molar-refractivity contribution in [3.63, 3.8) is 0 Å². The van der Waals surface area contributed by atoms with Crippen LogP contribution in [0.3, 0.4) is 0 Å². The van der Waals surface area contributed by atoms with Crippen LogP contribution in [-0.2, 0) is 6.54 Å². The third kappa shape index (κ3) is 3.61. The second-order valence-electron chi connectivity index (χ2n) is 5.20. The van der Waals surface area contributed by atoms with E-state index < -0.39 is 0 Å². The molecule has 0 unspecified atom stereocenters. The molecule has 0 radical (unpaired) electrons. The first-order valence-electron chi connectivity index (χ1n) is 7.22. The molecule has 2 aromatic carbocycles. The van der Waals surface area contributed by atoms with Gasteiger partial charge in [-0.1, -0.05) is 47.5 Å². The smallest absolute Gasteiger partial charge is 0.277 e. The van der Waals surface area contributed by atoms with Crippen LogP contribution in [0.15, 0.2) is 59.5 Å². The van der Waals surface area contributed by atoms with E-state index in [2.05, 4.69) is 4.98 Å². The van der Waals surface area contributed by atoms with Crippen LogP contribution in [0, 0.1) is 0 Å². The van der Waals surface area contributed by atoms with Crippen molar-refractivity contribution >= 4 is 23.2 Å². The molecule has 1 heterocycles. The van der Waals surface area contributed by atoms with E-state index >= 15 is 0 Å². The lowest BCUT2D eigenvalue weighted by Crippen LogP contribution is -2.23. The molecule has 0 saturated heterocycles. The highest BCUT2D eigenvalue weighted by Gasteiger charge is 2.11. The molecule has 3 aromatic rings. The number of halogens is 2. The largest absolute Gasteiger partial charge is 0.497 e. The average molecular weight is 361 g/mol. The van der Waals surface area contributed by atoms with Gasteiger partial charge in [-0.05, 0) is 29.8 Å². The molecule has 3 rings (SSSR count). The van der Waals surface area contributed by atoms with Crippen LogP contribution in [-0.4, -0.2) is 16.7 Å². The van der Waals surface area contributed by atoms with E-state index in [4.69, 9.17) is 27.9 Å². The Bertz CT molecular complexity index is 921. The first kappa shape index (κ1) is 16.6. The maximum Gasteiger partial charge on any atom is 0.277 e. The van der Waals surface area contributed by atoms with Crippen molar-refractivity contribution in [1.29, 1.82) is 0 Å². The van der Waals surface area contributed by atoms with Crippen molar-refractivity contribution in [2.75, 3.05) is 7.11 Å². The van der Waals surface area contributed by atoms with E-state index in [1.165, 1.54) is 10.8 Å². The molecule has 0 spiro atoms. The summed E-state index contributed by atoms with van der Waals surface area (Å²) in [6.07, 6.45) is 1.53. The van der Waals surface area contributed by atoms with Crippen molar-refractivity contribution in [2.24, 2.45) is 0 Å². The summed E-state index contributed by atoms with van der Waals surface area (Å²) in [6, 6.07) is 14.5. The van der Waals surface area contributed by atoms with Gasteiger partial charge in [0.05, 0.1) is 13.7 Å². The van der Waals surface area contributed by atoms with Gasteiger partial charge < -0.3 is 9.30 Å². The van der Waals surface area contributed by atoms with Crippen molar-refractivity contribution in [1.82, 2.24) is 9.55 Å². The highest BCUT2D eigenvalue weighted by molar-refractivity contribution is 6.31. The monoisotopic (exact) mass is 360 g/mol. The van der Waals surface area contributed by atoms with Gasteiger partial charge in [0.2, 0.25) is 0 Å². The molecular formula is C18H14Cl2N2O2. The number of nitrogens with zero attached hydrogens (tertiary/aromatic N) is 2. The Labute approximate surface area is 149 Å². The molecule has 0 aliphatic carbocycles. The summed E-state index contributed by atoms with van der Waals surface area (Å²) in [7, 11) is 1.61. The Morgan fingerprint density at radius 3 is 2.54 bits per heavy atom. The minimum absolute atomic E-state index is 0.225. The molecule has 4 nitrogen and oxygen atoms in total. The molecule has 0 aliphatic heterocycles. The fourth-order valence-electron chi connectivity index (χ4n) is 2.38. The van der Waals surface area contributed by atoms with Gasteiger partial charge in [0, 0.05) is 16.8 Å². The zero-order valence-electron chi connectivity index (χ0n) is 12.9. The maximum absolute atomic E-state index is 12.7. The van der Waals surface area contributed by atoms with Crippen LogP contribution in [0.25, 0.3) is 11.3 Å². The summed E-state index contributed by atoms with van der Waals surface area (Å²) < 4.78 is 6.67. The number of methoxy groups -OCH3 is 1. The van der Waals surface area contributed by atoms with E-state index in [-0.39, 0.29) is 16.4 Å². The van der Waals surface area contributed by atoms with Gasteiger partial charge in [0.25, 0.3) is 5.56 Å². The van der Waals surface area contributed by atoms with Gasteiger partial charge >= 0.3 is 0 Å². The van der Waals surface area contributed by atoms with E-state index in [0.29, 0.717) is 17.1 Å². The van der Waals surface area contributed by atoms with Gasteiger partial charge in [0.1, 0.15) is 16.6 Å². The first-order chi connectivity index (χ1) is 11.6. The molecule has 1 aromatic heterocycles. The predicted molar refractivity (Wildman–Crippen MR) is 96.0 cm³/mol. The maximum atomic E-state index is 12.7. The lowest BCUT2D eigenvalue weighted by molar-refractivity contribution is 0.414. The standard InChI is InChI=1S/C18H14Cl2N2O2/c1-24-15-7-5-12(6-8-15)10-22-11-16(20)21-17(18(22)23)13-3-2-4-14(19)9-13/h2-9,11H,10H2,1H3. The average Bonchev–Trinajstić information content (AvgIpc) is 2.58. The Morgan fingerprint density at radius 2 is 1.88 bits per heavy atom. The van der Waals surface area contributed by atoms with Gasteiger partial charge in [-0.2, -0.15) is 0 Å². The number of ether oxygens (including phenoxy) is 1. The lowest BCUT2D eigenvalue weighted by Gasteiger charge is -2.10. The van der Waals surface area contributed by atoms with Gasteiger partial charge in [-0.3, -0.25) is 4.79 Å². The molecule has 122 valence electrons. The highest BCUT2D eigenvalue weighted by atomic mass is 35.5. The van der Waals surface area contributed by atoms with Crippen molar-refractivity contribution < 1.29 is 4.74 Å². The van der Waals surface area contributed by atoms with Crippen LogP contribution < -0.4 is 10.3 Å². The number of hydrogen-bond acceptors (Lipinski definition) is 3. The zero-order chi connectivity index (χ0) is 17.1. The van der Waals surface area contributed by atoms with E-state index in [1.54, 1.807) is 31.4 Å². The molecule has 0 amide bonds. The zero-order valence-corrected chi connectivity index (χ0v) is 14.4. The first-order valence-corrected chi connectivity index (χ1v) is 7.98. The second kappa shape index (κ2) is 7.07. The van der Waals surface area contributed by atoms with Crippen molar-refractivity contribution in [3.8, 4) is 17.0 Å². The number of hydrogen-bond donors (Lipinski definition) is 0. The third-order valence-electron chi connectivity index (χ3n) is 3.55. The molecular weight excluding hydrogens is 347 g/mol. The Kier molecular flexibility index (Phi) is 4.88. The highest BCUT2D eigenvalue weighted by Crippen LogP contribution is 2.20. The van der Waals surface area contributed by atoms with Crippen molar-refractivity contribution in [3.05, 3.63) is 80.8 Å². The molecule has 0 aliphatic rings. The minimum Gasteiger partial charge on any atom is -0.497 e. The molecule has 6 heteroatoms. The summed E-state index contributed by atoms with van der Waals surface area (Å²) in [6.45, 7) is 0.388. The quantitative estimate of drug-likeness (QED) is 0.697. The lowest BCUT2D eigenvalue weighted by atomic mass is 10.1. The molecule has 0 fully saturated rings. The Balaban J connectivity index is 2.01. The predicted octanol–water partition coefficient (Wildman–Crippen LogP) is 4.27. The summed E-state index contributed by atoms with van der Waals surface area (Å²) in [5.74, 6) is 0.762. The molecule has 0 saturated carbocycles. The molecule has 0 N–H and O–H groups in total. The molecule has 24 heavy (non-hydrogen) atoms.